The van der Waals surface area contributed by atoms with Crippen molar-refractivity contribution in [3.8, 4) is 0 Å². The lowest BCUT2D eigenvalue weighted by atomic mass is 10.1. The Balaban J connectivity index is 1.68. The maximum Gasteiger partial charge on any atom is 0.272 e. The van der Waals surface area contributed by atoms with Gasteiger partial charge in [-0.25, -0.2) is 14.4 Å². The van der Waals surface area contributed by atoms with E-state index in [1.807, 2.05) is 43.3 Å². The van der Waals surface area contributed by atoms with Crippen LogP contribution in [0.1, 0.15) is 34.4 Å². The van der Waals surface area contributed by atoms with Crippen LogP contribution in [-0.4, -0.2) is 33.9 Å². The van der Waals surface area contributed by atoms with Crippen LogP contribution in [0, 0.1) is 12.7 Å². The largest absolute Gasteiger partial charge is 0.370 e. The minimum atomic E-state index is -0.219. The monoisotopic (exact) mass is 392 g/mol. The van der Waals surface area contributed by atoms with E-state index in [2.05, 4.69) is 15.3 Å². The first-order chi connectivity index (χ1) is 14.1. The Morgan fingerprint density at radius 1 is 1.07 bits per heavy atom. The Morgan fingerprint density at radius 2 is 1.79 bits per heavy atom. The summed E-state index contributed by atoms with van der Waals surface area (Å²) in [5.74, 6) is 0.718. The number of nitrogens with one attached hydrogen (secondary N) is 1. The number of amides is 1. The Bertz CT molecular complexity index is 962. The smallest absolute Gasteiger partial charge is 0.272 e. The van der Waals surface area contributed by atoms with Crippen LogP contribution in [0.2, 0.25) is 0 Å². The van der Waals surface area contributed by atoms with Crippen molar-refractivity contribution in [3.05, 3.63) is 89.1 Å². The average Bonchev–Trinajstić information content (AvgIpc) is 2.73. The maximum atomic E-state index is 13.8. The minimum Gasteiger partial charge on any atom is -0.370 e. The van der Waals surface area contributed by atoms with E-state index in [1.54, 1.807) is 30.0 Å². The van der Waals surface area contributed by atoms with Gasteiger partial charge < -0.3 is 10.2 Å². The summed E-state index contributed by atoms with van der Waals surface area (Å²) in [5, 5.41) is 3.17. The van der Waals surface area contributed by atoms with Crippen molar-refractivity contribution < 1.29 is 9.18 Å². The van der Waals surface area contributed by atoms with E-state index in [1.165, 1.54) is 6.07 Å². The molecule has 3 rings (SSSR count). The van der Waals surface area contributed by atoms with Crippen LogP contribution in [0.5, 0.6) is 0 Å². The molecule has 150 valence electrons. The molecule has 0 saturated heterocycles. The number of nitrogens with zero attached hydrogens (tertiary/aromatic N) is 3. The number of anilines is 1. The van der Waals surface area contributed by atoms with Crippen LogP contribution in [0.4, 0.5) is 10.2 Å². The summed E-state index contributed by atoms with van der Waals surface area (Å²) in [6, 6.07) is 18.2. The molecule has 0 spiro atoms. The third-order valence-electron chi connectivity index (χ3n) is 4.60. The predicted octanol–water partition coefficient (Wildman–Crippen LogP) is 4.24. The minimum absolute atomic E-state index is 0.140. The fourth-order valence-electron chi connectivity index (χ4n) is 3.09. The summed E-state index contributed by atoms with van der Waals surface area (Å²) >= 11 is 0. The number of hydrogen-bond acceptors (Lipinski definition) is 4. The second-order valence-corrected chi connectivity index (χ2v) is 6.76. The third kappa shape index (κ3) is 5.60. The molecule has 0 aliphatic heterocycles. The summed E-state index contributed by atoms with van der Waals surface area (Å²) in [4.78, 5) is 23.4. The Hall–Kier alpha value is -3.28. The second kappa shape index (κ2) is 9.78. The standard InChI is InChI=1S/C23H25FN4O/c1-3-28(16-18-9-5-4-6-10-18)23(29)21-15-22(27-17(2)26-21)25-14-13-19-11-7-8-12-20(19)24/h4-12,15H,3,13-14,16H2,1-2H3,(H,25,26,27). The van der Waals surface area contributed by atoms with Gasteiger partial charge in [0.15, 0.2) is 0 Å². The lowest BCUT2D eigenvalue weighted by Gasteiger charge is -2.21. The number of carbonyl (C=O) groups excluding carboxylic acids is 1. The highest BCUT2D eigenvalue weighted by Gasteiger charge is 2.17. The molecular formula is C23H25FN4O. The summed E-state index contributed by atoms with van der Waals surface area (Å²) in [6.07, 6.45) is 0.522. The zero-order valence-corrected chi connectivity index (χ0v) is 16.7. The van der Waals surface area contributed by atoms with Crippen molar-refractivity contribution in [1.82, 2.24) is 14.9 Å². The van der Waals surface area contributed by atoms with Gasteiger partial charge in [-0.05, 0) is 37.5 Å². The van der Waals surface area contributed by atoms with Crippen LogP contribution >= 0.6 is 0 Å². The molecule has 0 unspecified atom stereocenters. The quantitative estimate of drug-likeness (QED) is 0.623. The first-order valence-corrected chi connectivity index (χ1v) is 9.73. The van der Waals surface area contributed by atoms with E-state index in [0.29, 0.717) is 49.0 Å². The number of benzene rings is 2. The molecule has 0 atom stereocenters. The van der Waals surface area contributed by atoms with Gasteiger partial charge in [-0.1, -0.05) is 48.5 Å². The summed E-state index contributed by atoms with van der Waals surface area (Å²) < 4.78 is 13.8. The van der Waals surface area contributed by atoms with Crippen molar-refractivity contribution in [2.24, 2.45) is 0 Å². The van der Waals surface area contributed by atoms with Gasteiger partial charge in [0.1, 0.15) is 23.2 Å². The van der Waals surface area contributed by atoms with Crippen LogP contribution < -0.4 is 5.32 Å². The maximum absolute atomic E-state index is 13.8. The SMILES string of the molecule is CCN(Cc1ccccc1)C(=O)c1cc(NCCc2ccccc2F)nc(C)n1. The molecule has 1 N–H and O–H groups in total. The molecule has 0 bridgehead atoms. The molecule has 0 fully saturated rings. The molecule has 29 heavy (non-hydrogen) atoms. The fraction of sp³-hybridized carbons (Fsp3) is 0.261. The number of halogens is 1. The zero-order chi connectivity index (χ0) is 20.6. The Labute approximate surface area is 170 Å². The molecule has 0 aliphatic carbocycles. The number of rotatable bonds is 8. The van der Waals surface area contributed by atoms with E-state index in [-0.39, 0.29) is 11.7 Å². The topological polar surface area (TPSA) is 58.1 Å². The summed E-state index contributed by atoms with van der Waals surface area (Å²) in [7, 11) is 0. The van der Waals surface area contributed by atoms with Gasteiger partial charge in [-0.15, -0.1) is 0 Å². The zero-order valence-electron chi connectivity index (χ0n) is 16.7. The van der Waals surface area contributed by atoms with Gasteiger partial charge in [0.2, 0.25) is 0 Å². The first-order valence-electron chi connectivity index (χ1n) is 9.73. The van der Waals surface area contributed by atoms with Gasteiger partial charge in [-0.3, -0.25) is 4.79 Å². The molecule has 3 aromatic rings. The molecule has 0 aliphatic rings. The Kier molecular flexibility index (Phi) is 6.89. The molecule has 1 amide bonds. The highest BCUT2D eigenvalue weighted by Crippen LogP contribution is 2.13. The van der Waals surface area contributed by atoms with Gasteiger partial charge in [0.05, 0.1) is 0 Å². The fourth-order valence-corrected chi connectivity index (χ4v) is 3.09. The van der Waals surface area contributed by atoms with Gasteiger partial charge in [-0.2, -0.15) is 0 Å². The molecule has 1 aromatic heterocycles. The number of carbonyl (C=O) groups is 1. The molecule has 1 heterocycles. The molecule has 0 saturated carbocycles. The van der Waals surface area contributed by atoms with Crippen molar-refractivity contribution >= 4 is 11.7 Å². The summed E-state index contributed by atoms with van der Waals surface area (Å²) in [6.45, 7) is 5.31. The molecule has 6 heteroatoms. The lowest BCUT2D eigenvalue weighted by molar-refractivity contribution is 0.0746. The predicted molar refractivity (Wildman–Crippen MR) is 112 cm³/mol. The van der Waals surface area contributed by atoms with Crippen LogP contribution in [0.25, 0.3) is 0 Å². The van der Waals surface area contributed by atoms with Crippen LogP contribution in [0.15, 0.2) is 60.7 Å². The van der Waals surface area contributed by atoms with E-state index >= 15 is 0 Å². The van der Waals surface area contributed by atoms with E-state index in [4.69, 9.17) is 0 Å². The lowest BCUT2D eigenvalue weighted by Crippen LogP contribution is -2.31. The van der Waals surface area contributed by atoms with E-state index < -0.39 is 0 Å². The van der Waals surface area contributed by atoms with Gasteiger partial charge >= 0.3 is 0 Å². The van der Waals surface area contributed by atoms with Gasteiger partial charge in [0.25, 0.3) is 5.91 Å². The molecular weight excluding hydrogens is 367 g/mol. The normalized spacial score (nSPS) is 10.6. The summed E-state index contributed by atoms with van der Waals surface area (Å²) in [5.41, 5.74) is 2.06. The van der Waals surface area contributed by atoms with Crippen LogP contribution in [0.3, 0.4) is 0 Å². The number of aromatic nitrogens is 2. The van der Waals surface area contributed by atoms with Crippen molar-refractivity contribution in [3.63, 3.8) is 0 Å². The first kappa shape index (κ1) is 20.5. The van der Waals surface area contributed by atoms with Crippen molar-refractivity contribution in [1.29, 1.82) is 0 Å². The van der Waals surface area contributed by atoms with Crippen LogP contribution in [-0.2, 0) is 13.0 Å². The van der Waals surface area contributed by atoms with E-state index in [9.17, 15) is 9.18 Å². The average molecular weight is 392 g/mol. The third-order valence-corrected chi connectivity index (χ3v) is 4.60. The van der Waals surface area contributed by atoms with Crippen molar-refractivity contribution in [2.75, 3.05) is 18.4 Å². The van der Waals surface area contributed by atoms with E-state index in [0.717, 1.165) is 5.56 Å². The molecule has 0 radical (unpaired) electrons. The highest BCUT2D eigenvalue weighted by molar-refractivity contribution is 5.93. The molecule has 5 nitrogen and oxygen atoms in total. The Morgan fingerprint density at radius 3 is 2.52 bits per heavy atom. The second-order valence-electron chi connectivity index (χ2n) is 6.76. The van der Waals surface area contributed by atoms with Crippen molar-refractivity contribution in [2.45, 2.75) is 26.8 Å². The molecule has 2 aromatic carbocycles. The highest BCUT2D eigenvalue weighted by atomic mass is 19.1. The number of hydrogen-bond donors (Lipinski definition) is 1. The number of aryl methyl sites for hydroxylation is 1. The van der Waals surface area contributed by atoms with Gasteiger partial charge in [0, 0.05) is 25.7 Å².